The smallest absolute Gasteiger partial charge is 0.410 e. The lowest BCUT2D eigenvalue weighted by Crippen LogP contribution is -2.51. The second-order valence-corrected chi connectivity index (χ2v) is 5.83. The molecule has 2 atom stereocenters. The van der Waals surface area contributed by atoms with Crippen LogP contribution in [-0.4, -0.2) is 30.0 Å². The lowest BCUT2D eigenvalue weighted by atomic mass is 9.79. The van der Waals surface area contributed by atoms with Crippen LogP contribution in [0.4, 0.5) is 4.79 Å². The summed E-state index contributed by atoms with van der Waals surface area (Å²) in [5, 5.41) is 0. The number of piperidine rings is 1. The van der Waals surface area contributed by atoms with Crippen LogP contribution in [0.2, 0.25) is 0 Å². The third kappa shape index (κ3) is 3.74. The van der Waals surface area contributed by atoms with Crippen LogP contribution in [0, 0.1) is 17.8 Å². The van der Waals surface area contributed by atoms with Gasteiger partial charge in [0, 0.05) is 19.0 Å². The number of rotatable bonds is 3. The fraction of sp³-hybridized carbons (Fsp3) is 0.500. The molecule has 1 aliphatic heterocycles. The van der Waals surface area contributed by atoms with Crippen molar-refractivity contribution in [3.05, 3.63) is 35.9 Å². The van der Waals surface area contributed by atoms with Gasteiger partial charge in [-0.1, -0.05) is 44.2 Å². The number of benzene rings is 1. The van der Waals surface area contributed by atoms with Gasteiger partial charge >= 0.3 is 6.09 Å². The van der Waals surface area contributed by atoms with Crippen LogP contribution < -0.4 is 5.73 Å². The molecular weight excluding hydrogens is 268 g/mol. The van der Waals surface area contributed by atoms with E-state index in [0.29, 0.717) is 13.1 Å². The maximum Gasteiger partial charge on any atom is 0.410 e. The number of ether oxygens (including phenoxy) is 1. The molecule has 0 saturated carbocycles. The topological polar surface area (TPSA) is 72.6 Å². The first-order valence-corrected chi connectivity index (χ1v) is 7.24. The van der Waals surface area contributed by atoms with Crippen LogP contribution >= 0.6 is 0 Å². The van der Waals surface area contributed by atoms with E-state index in [1.807, 2.05) is 44.2 Å². The Morgan fingerprint density at radius 3 is 2.29 bits per heavy atom. The third-order valence-electron chi connectivity index (χ3n) is 4.03. The van der Waals surface area contributed by atoms with E-state index in [4.69, 9.17) is 10.5 Å². The van der Waals surface area contributed by atoms with Gasteiger partial charge in [0.05, 0.1) is 0 Å². The molecule has 0 spiro atoms. The summed E-state index contributed by atoms with van der Waals surface area (Å²) in [4.78, 5) is 25.2. The van der Waals surface area contributed by atoms with Crippen molar-refractivity contribution in [1.82, 2.24) is 4.90 Å². The van der Waals surface area contributed by atoms with Crippen molar-refractivity contribution in [2.75, 3.05) is 13.1 Å². The predicted molar refractivity (Wildman–Crippen MR) is 79.2 cm³/mol. The van der Waals surface area contributed by atoms with Crippen LogP contribution in [0.15, 0.2) is 30.3 Å². The molecule has 0 aromatic heterocycles. The number of nitrogens with two attached hydrogens (primary N) is 1. The molecule has 5 heteroatoms. The van der Waals surface area contributed by atoms with Crippen molar-refractivity contribution in [3.8, 4) is 0 Å². The van der Waals surface area contributed by atoms with Gasteiger partial charge in [0.2, 0.25) is 5.91 Å². The molecule has 1 aromatic rings. The van der Waals surface area contributed by atoms with Crippen LogP contribution in [0.5, 0.6) is 0 Å². The molecular formula is C16H22N2O3. The van der Waals surface area contributed by atoms with Gasteiger partial charge in [0.1, 0.15) is 6.61 Å². The number of nitrogens with zero attached hydrogens (tertiary/aromatic N) is 1. The molecule has 1 heterocycles. The van der Waals surface area contributed by atoms with Gasteiger partial charge < -0.3 is 15.4 Å². The lowest BCUT2D eigenvalue weighted by Gasteiger charge is -2.39. The molecule has 0 radical (unpaired) electrons. The van der Waals surface area contributed by atoms with E-state index in [1.165, 1.54) is 0 Å². The Balaban J connectivity index is 1.91. The van der Waals surface area contributed by atoms with E-state index in [1.54, 1.807) is 4.90 Å². The van der Waals surface area contributed by atoms with E-state index < -0.39 is 0 Å². The number of likely N-dealkylation sites (tertiary alicyclic amines) is 1. The highest BCUT2D eigenvalue weighted by Gasteiger charge is 2.37. The predicted octanol–water partition coefficient (Wildman–Crippen LogP) is 2.01. The first-order valence-electron chi connectivity index (χ1n) is 7.24. The van der Waals surface area contributed by atoms with Crippen molar-refractivity contribution in [2.45, 2.75) is 20.5 Å². The zero-order valence-electron chi connectivity index (χ0n) is 12.5. The highest BCUT2D eigenvalue weighted by molar-refractivity contribution is 5.78. The van der Waals surface area contributed by atoms with Gasteiger partial charge in [0.15, 0.2) is 0 Å². The molecule has 2 unspecified atom stereocenters. The summed E-state index contributed by atoms with van der Waals surface area (Å²) in [5.41, 5.74) is 6.39. The molecule has 1 fully saturated rings. The molecule has 0 aliphatic carbocycles. The molecule has 2 rings (SSSR count). The van der Waals surface area contributed by atoms with Crippen LogP contribution in [0.1, 0.15) is 19.4 Å². The average molecular weight is 290 g/mol. The molecule has 5 nitrogen and oxygen atoms in total. The Morgan fingerprint density at radius 1 is 1.19 bits per heavy atom. The van der Waals surface area contributed by atoms with E-state index in [2.05, 4.69) is 0 Å². The summed E-state index contributed by atoms with van der Waals surface area (Å²) in [6.45, 7) is 5.17. The Morgan fingerprint density at radius 2 is 1.76 bits per heavy atom. The van der Waals surface area contributed by atoms with E-state index >= 15 is 0 Å². The number of carbonyl (C=O) groups excluding carboxylic acids is 2. The minimum atomic E-state index is -0.333. The van der Waals surface area contributed by atoms with Gasteiger partial charge in [-0.3, -0.25) is 4.79 Å². The Bertz CT molecular complexity index is 492. The Kier molecular flexibility index (Phi) is 4.83. The third-order valence-corrected chi connectivity index (χ3v) is 4.03. The van der Waals surface area contributed by atoms with Crippen LogP contribution in [0.3, 0.4) is 0 Å². The van der Waals surface area contributed by atoms with Gasteiger partial charge in [-0.15, -0.1) is 0 Å². The Labute approximate surface area is 125 Å². The molecule has 1 aliphatic rings. The molecule has 114 valence electrons. The average Bonchev–Trinajstić information content (AvgIpc) is 2.44. The summed E-state index contributed by atoms with van der Waals surface area (Å²) in [7, 11) is 0. The fourth-order valence-electron chi connectivity index (χ4n) is 3.08. The summed E-state index contributed by atoms with van der Waals surface area (Å²) >= 11 is 0. The van der Waals surface area contributed by atoms with Crippen molar-refractivity contribution in [2.24, 2.45) is 23.5 Å². The molecule has 0 bridgehead atoms. The molecule has 2 amide bonds. The zero-order valence-corrected chi connectivity index (χ0v) is 12.5. The minimum Gasteiger partial charge on any atom is -0.445 e. The first-order chi connectivity index (χ1) is 9.99. The van der Waals surface area contributed by atoms with E-state index in [9.17, 15) is 9.59 Å². The molecule has 21 heavy (non-hydrogen) atoms. The summed E-state index contributed by atoms with van der Waals surface area (Å²) in [6.07, 6.45) is -0.333. The summed E-state index contributed by atoms with van der Waals surface area (Å²) in [5.74, 6) is -0.360. The van der Waals surface area contributed by atoms with Gasteiger partial charge in [-0.05, 0) is 17.4 Å². The second kappa shape index (κ2) is 6.61. The molecule has 2 N–H and O–H groups in total. The van der Waals surface area contributed by atoms with Crippen molar-refractivity contribution < 1.29 is 14.3 Å². The monoisotopic (exact) mass is 290 g/mol. The number of carbonyl (C=O) groups is 2. The van der Waals surface area contributed by atoms with Crippen molar-refractivity contribution >= 4 is 12.0 Å². The standard InChI is InChI=1S/C16H22N2O3/c1-11-8-18(9-12(2)14(11)15(17)19)16(20)21-10-13-6-4-3-5-7-13/h3-7,11-12,14H,8-10H2,1-2H3,(H2,17,19). The number of primary amides is 1. The highest BCUT2D eigenvalue weighted by Crippen LogP contribution is 2.28. The van der Waals surface area contributed by atoms with Crippen LogP contribution in [-0.2, 0) is 16.1 Å². The highest BCUT2D eigenvalue weighted by atomic mass is 16.6. The summed E-state index contributed by atoms with van der Waals surface area (Å²) < 4.78 is 5.33. The molecule has 1 aromatic carbocycles. The van der Waals surface area contributed by atoms with E-state index in [0.717, 1.165) is 5.56 Å². The van der Waals surface area contributed by atoms with Gasteiger partial charge in [-0.2, -0.15) is 0 Å². The van der Waals surface area contributed by atoms with Gasteiger partial charge in [-0.25, -0.2) is 4.79 Å². The number of amides is 2. The van der Waals surface area contributed by atoms with Crippen molar-refractivity contribution in [3.63, 3.8) is 0 Å². The zero-order chi connectivity index (χ0) is 15.4. The Hall–Kier alpha value is -2.04. The molecule has 1 saturated heterocycles. The van der Waals surface area contributed by atoms with E-state index in [-0.39, 0.29) is 36.4 Å². The summed E-state index contributed by atoms with van der Waals surface area (Å²) in [6, 6.07) is 9.57. The normalized spacial score (nSPS) is 25.4. The van der Waals surface area contributed by atoms with Gasteiger partial charge in [0.25, 0.3) is 0 Å². The maximum atomic E-state index is 12.1. The first kappa shape index (κ1) is 15.4. The number of hydrogen-bond acceptors (Lipinski definition) is 3. The quantitative estimate of drug-likeness (QED) is 0.925. The second-order valence-electron chi connectivity index (χ2n) is 5.83. The van der Waals surface area contributed by atoms with Crippen molar-refractivity contribution in [1.29, 1.82) is 0 Å². The lowest BCUT2D eigenvalue weighted by molar-refractivity contribution is -0.127. The maximum absolute atomic E-state index is 12.1. The SMILES string of the molecule is CC1CN(C(=O)OCc2ccccc2)CC(C)C1C(N)=O. The van der Waals surface area contributed by atoms with Crippen LogP contribution in [0.25, 0.3) is 0 Å². The fourth-order valence-corrected chi connectivity index (χ4v) is 3.08. The number of hydrogen-bond donors (Lipinski definition) is 1. The minimum absolute atomic E-state index is 0.0514. The largest absolute Gasteiger partial charge is 0.445 e.